The molecule has 0 atom stereocenters. The van der Waals surface area contributed by atoms with Gasteiger partial charge in [0, 0.05) is 19.2 Å². The number of rotatable bonds is 2. The van der Waals surface area contributed by atoms with Crippen molar-refractivity contribution in [2.45, 2.75) is 13.1 Å². The summed E-state index contributed by atoms with van der Waals surface area (Å²) in [6.07, 6.45) is -3.56. The summed E-state index contributed by atoms with van der Waals surface area (Å²) in [7, 11) is 0. The van der Waals surface area contributed by atoms with E-state index in [1.54, 1.807) is 0 Å². The number of carbonyl (C=O) groups excluding carboxylic acids is 1. The van der Waals surface area contributed by atoms with Crippen LogP contribution < -0.4 is 4.74 Å². The smallest absolute Gasteiger partial charge is 0.427 e. The van der Waals surface area contributed by atoms with Gasteiger partial charge in [0.25, 0.3) is 0 Å². The van der Waals surface area contributed by atoms with Crippen molar-refractivity contribution < 1.29 is 22.7 Å². The Balaban J connectivity index is 2.62. The standard InChI is InChI=1S/C12H9F3N2O2/c1-3-17-10-5-4-8(19-7(2)18)6-9(10)16-11(17)12(13,14)15/h3-6H,1H2,2H3. The van der Waals surface area contributed by atoms with Crippen molar-refractivity contribution >= 4 is 23.2 Å². The Morgan fingerprint density at radius 2 is 2.16 bits per heavy atom. The minimum Gasteiger partial charge on any atom is -0.427 e. The van der Waals surface area contributed by atoms with Gasteiger partial charge < -0.3 is 4.74 Å². The van der Waals surface area contributed by atoms with Crippen molar-refractivity contribution in [3.63, 3.8) is 0 Å². The summed E-state index contributed by atoms with van der Waals surface area (Å²) in [5.74, 6) is -1.49. The highest BCUT2D eigenvalue weighted by Gasteiger charge is 2.37. The Kier molecular flexibility index (Phi) is 3.05. The van der Waals surface area contributed by atoms with Gasteiger partial charge >= 0.3 is 12.1 Å². The first-order chi connectivity index (χ1) is 8.82. The second kappa shape index (κ2) is 4.42. The second-order valence-electron chi connectivity index (χ2n) is 3.73. The third kappa shape index (κ3) is 2.44. The van der Waals surface area contributed by atoms with Crippen molar-refractivity contribution in [3.8, 4) is 5.75 Å². The number of ether oxygens (including phenoxy) is 1. The summed E-state index contributed by atoms with van der Waals surface area (Å²) >= 11 is 0. The lowest BCUT2D eigenvalue weighted by Gasteiger charge is -2.06. The Morgan fingerprint density at radius 1 is 1.47 bits per heavy atom. The van der Waals surface area contributed by atoms with E-state index >= 15 is 0 Å². The lowest BCUT2D eigenvalue weighted by atomic mass is 10.3. The molecule has 0 aliphatic heterocycles. The lowest BCUT2D eigenvalue weighted by Crippen LogP contribution is -2.11. The molecule has 0 saturated heterocycles. The van der Waals surface area contributed by atoms with E-state index < -0.39 is 18.0 Å². The molecule has 0 unspecified atom stereocenters. The zero-order valence-corrected chi connectivity index (χ0v) is 9.86. The number of carbonyl (C=O) groups is 1. The van der Waals surface area contributed by atoms with Crippen LogP contribution in [-0.4, -0.2) is 15.5 Å². The summed E-state index contributed by atoms with van der Waals surface area (Å²) < 4.78 is 43.9. The fourth-order valence-corrected chi connectivity index (χ4v) is 1.69. The first-order valence-corrected chi connectivity index (χ1v) is 5.23. The van der Waals surface area contributed by atoms with Gasteiger partial charge in [-0.1, -0.05) is 6.58 Å². The Bertz CT molecular complexity index is 659. The molecule has 0 saturated carbocycles. The number of hydrogen-bond acceptors (Lipinski definition) is 3. The van der Waals surface area contributed by atoms with Gasteiger partial charge in [0.2, 0.25) is 5.82 Å². The summed E-state index contributed by atoms with van der Waals surface area (Å²) in [6, 6.07) is 4.05. The van der Waals surface area contributed by atoms with Crippen LogP contribution >= 0.6 is 0 Å². The van der Waals surface area contributed by atoms with Crippen LogP contribution in [-0.2, 0) is 11.0 Å². The Hall–Kier alpha value is -2.31. The predicted molar refractivity (Wildman–Crippen MR) is 62.4 cm³/mol. The van der Waals surface area contributed by atoms with Gasteiger partial charge in [-0.25, -0.2) is 4.98 Å². The van der Waals surface area contributed by atoms with Gasteiger partial charge in [-0.2, -0.15) is 13.2 Å². The van der Waals surface area contributed by atoms with Crippen molar-refractivity contribution in [3.05, 3.63) is 30.6 Å². The zero-order valence-electron chi connectivity index (χ0n) is 9.86. The van der Waals surface area contributed by atoms with Crippen LogP contribution in [0, 0.1) is 0 Å². The molecule has 0 fully saturated rings. The number of hydrogen-bond donors (Lipinski definition) is 0. The molecule has 1 heterocycles. The topological polar surface area (TPSA) is 44.1 Å². The van der Waals surface area contributed by atoms with Gasteiger partial charge in [0.15, 0.2) is 0 Å². The van der Waals surface area contributed by atoms with Crippen molar-refractivity contribution in [2.75, 3.05) is 0 Å². The van der Waals surface area contributed by atoms with Crippen LogP contribution in [0.15, 0.2) is 24.8 Å². The van der Waals surface area contributed by atoms with Crippen molar-refractivity contribution in [1.82, 2.24) is 9.55 Å². The first-order valence-electron chi connectivity index (χ1n) is 5.23. The lowest BCUT2D eigenvalue weighted by molar-refractivity contribution is -0.145. The fraction of sp³-hybridized carbons (Fsp3) is 0.167. The van der Waals surface area contributed by atoms with Crippen LogP contribution in [0.4, 0.5) is 13.2 Å². The molecule has 0 aliphatic rings. The van der Waals surface area contributed by atoms with Crippen LogP contribution in [0.5, 0.6) is 5.75 Å². The fourth-order valence-electron chi connectivity index (χ4n) is 1.69. The maximum atomic E-state index is 12.8. The summed E-state index contributed by atoms with van der Waals surface area (Å²) in [4.78, 5) is 14.3. The van der Waals surface area contributed by atoms with Crippen molar-refractivity contribution in [2.24, 2.45) is 0 Å². The molecule has 100 valence electrons. The average molecular weight is 270 g/mol. The quantitative estimate of drug-likeness (QED) is 0.622. The summed E-state index contributed by atoms with van der Waals surface area (Å²) in [6.45, 7) is 4.54. The molecule has 7 heteroatoms. The third-order valence-corrected chi connectivity index (χ3v) is 2.36. The van der Waals surface area contributed by atoms with Gasteiger partial charge in [-0.05, 0) is 12.1 Å². The molecular weight excluding hydrogens is 261 g/mol. The molecule has 0 spiro atoms. The van der Waals surface area contributed by atoms with E-state index in [4.69, 9.17) is 4.74 Å². The molecule has 4 nitrogen and oxygen atoms in total. The number of esters is 1. The van der Waals surface area contributed by atoms with E-state index in [1.807, 2.05) is 0 Å². The zero-order chi connectivity index (χ0) is 14.2. The Labute approximate surface area is 106 Å². The van der Waals surface area contributed by atoms with Crippen LogP contribution in [0.2, 0.25) is 0 Å². The highest BCUT2D eigenvalue weighted by Crippen LogP contribution is 2.32. The molecule has 1 aromatic heterocycles. The SMILES string of the molecule is C=Cn1c(C(F)(F)F)nc2cc(OC(C)=O)ccc21. The van der Waals surface area contributed by atoms with E-state index in [1.165, 1.54) is 25.1 Å². The molecule has 0 aliphatic carbocycles. The molecular formula is C12H9F3N2O2. The average Bonchev–Trinajstić information content (AvgIpc) is 2.65. The number of halogens is 3. The van der Waals surface area contributed by atoms with Gasteiger partial charge in [0.1, 0.15) is 5.75 Å². The highest BCUT2D eigenvalue weighted by molar-refractivity contribution is 5.81. The second-order valence-corrected chi connectivity index (χ2v) is 3.73. The molecule has 0 N–H and O–H groups in total. The maximum absolute atomic E-state index is 12.8. The summed E-state index contributed by atoms with van der Waals surface area (Å²) in [5, 5.41) is 0. The molecule has 0 bridgehead atoms. The molecule has 19 heavy (non-hydrogen) atoms. The van der Waals surface area contributed by atoms with Crippen LogP contribution in [0.3, 0.4) is 0 Å². The van der Waals surface area contributed by atoms with E-state index in [0.29, 0.717) is 0 Å². The Morgan fingerprint density at radius 3 is 2.68 bits per heavy atom. The van der Waals surface area contributed by atoms with Crippen LogP contribution in [0.25, 0.3) is 17.2 Å². The number of imidazole rings is 1. The number of benzene rings is 1. The largest absolute Gasteiger partial charge is 0.450 e. The molecule has 0 radical (unpaired) electrons. The van der Waals surface area contributed by atoms with E-state index in [9.17, 15) is 18.0 Å². The van der Waals surface area contributed by atoms with E-state index in [0.717, 1.165) is 10.8 Å². The molecule has 2 aromatic rings. The number of nitrogens with zero attached hydrogens (tertiary/aromatic N) is 2. The third-order valence-electron chi connectivity index (χ3n) is 2.36. The summed E-state index contributed by atoms with van der Waals surface area (Å²) in [5.41, 5.74) is 0.309. The number of alkyl halides is 3. The van der Waals surface area contributed by atoms with Gasteiger partial charge in [-0.3, -0.25) is 9.36 Å². The van der Waals surface area contributed by atoms with Gasteiger partial charge in [-0.15, -0.1) is 0 Å². The molecule has 1 aromatic carbocycles. The van der Waals surface area contributed by atoms with E-state index in [-0.39, 0.29) is 16.8 Å². The monoisotopic (exact) mass is 270 g/mol. The number of fused-ring (bicyclic) bond motifs is 1. The molecule has 0 amide bonds. The maximum Gasteiger partial charge on any atom is 0.450 e. The minimum absolute atomic E-state index is 0.0750. The predicted octanol–water partition coefficient (Wildman–Crippen LogP) is 3.08. The van der Waals surface area contributed by atoms with Gasteiger partial charge in [0.05, 0.1) is 11.0 Å². The minimum atomic E-state index is -4.59. The number of aromatic nitrogens is 2. The van der Waals surface area contributed by atoms with E-state index in [2.05, 4.69) is 11.6 Å². The normalized spacial score (nSPS) is 11.6. The van der Waals surface area contributed by atoms with Crippen molar-refractivity contribution in [1.29, 1.82) is 0 Å². The molecule has 2 rings (SSSR count). The first kappa shape index (κ1) is 13.1. The van der Waals surface area contributed by atoms with Crippen LogP contribution in [0.1, 0.15) is 12.7 Å². The highest BCUT2D eigenvalue weighted by atomic mass is 19.4.